The highest BCUT2D eigenvalue weighted by molar-refractivity contribution is 6.07. The highest BCUT2D eigenvalue weighted by atomic mass is 16.6. The summed E-state index contributed by atoms with van der Waals surface area (Å²) in [4.78, 5) is 27.4. The fourth-order valence-corrected chi connectivity index (χ4v) is 2.11. The molecular weight excluding hydrogens is 308 g/mol. The maximum atomic E-state index is 12.5. The molecule has 1 heterocycles. The van der Waals surface area contributed by atoms with E-state index in [9.17, 15) is 14.9 Å². The number of nitrogens with one attached hydrogen (secondary N) is 1. The van der Waals surface area contributed by atoms with Gasteiger partial charge in [0.15, 0.2) is 5.82 Å². The van der Waals surface area contributed by atoms with Crippen LogP contribution in [0.2, 0.25) is 0 Å². The highest BCUT2D eigenvalue weighted by Crippen LogP contribution is 2.30. The third kappa shape index (κ3) is 3.61. The van der Waals surface area contributed by atoms with Gasteiger partial charge in [-0.1, -0.05) is 20.8 Å². The lowest BCUT2D eigenvalue weighted by Gasteiger charge is -2.28. The molecule has 1 aromatic heterocycles. The Morgan fingerprint density at radius 2 is 2.04 bits per heavy atom. The van der Waals surface area contributed by atoms with Gasteiger partial charge in [-0.2, -0.15) is 0 Å². The van der Waals surface area contributed by atoms with Crippen LogP contribution in [0.3, 0.4) is 0 Å². The van der Waals surface area contributed by atoms with Crippen molar-refractivity contribution in [3.8, 4) is 0 Å². The van der Waals surface area contributed by atoms with E-state index in [0.717, 1.165) is 0 Å². The van der Waals surface area contributed by atoms with Crippen molar-refractivity contribution in [2.75, 3.05) is 5.32 Å². The second kappa shape index (κ2) is 6.43. The van der Waals surface area contributed by atoms with Gasteiger partial charge in [-0.3, -0.25) is 14.9 Å². The minimum absolute atomic E-state index is 0.0206. The molecule has 0 aliphatic rings. The smallest absolute Gasteiger partial charge is 0.293 e. The van der Waals surface area contributed by atoms with Crippen molar-refractivity contribution >= 4 is 17.2 Å². The number of imidazole rings is 1. The predicted molar refractivity (Wildman–Crippen MR) is 92.3 cm³/mol. The largest absolute Gasteiger partial charge is 0.377 e. The van der Waals surface area contributed by atoms with Gasteiger partial charge in [0, 0.05) is 37.1 Å². The molecule has 1 unspecified atom stereocenters. The number of hydrogen-bond donors (Lipinski definition) is 1. The summed E-state index contributed by atoms with van der Waals surface area (Å²) < 4.78 is 1.59. The summed E-state index contributed by atoms with van der Waals surface area (Å²) in [5, 5.41) is 14.6. The van der Waals surface area contributed by atoms with Gasteiger partial charge in [-0.05, 0) is 24.5 Å². The lowest BCUT2D eigenvalue weighted by molar-refractivity contribution is -0.384. The number of nitro groups is 1. The van der Waals surface area contributed by atoms with E-state index in [0.29, 0.717) is 5.69 Å². The minimum Gasteiger partial charge on any atom is -0.377 e. The predicted octanol–water partition coefficient (Wildman–Crippen LogP) is 3.41. The number of anilines is 1. The molecule has 1 N–H and O–H groups in total. The molecule has 0 fully saturated rings. The molecule has 0 aliphatic heterocycles. The number of aromatic nitrogens is 2. The Balaban J connectivity index is 2.39. The zero-order valence-corrected chi connectivity index (χ0v) is 14.5. The van der Waals surface area contributed by atoms with E-state index < -0.39 is 4.92 Å². The normalized spacial score (nSPS) is 12.7. The van der Waals surface area contributed by atoms with Crippen molar-refractivity contribution in [2.24, 2.45) is 12.5 Å². The molecule has 128 valence electrons. The van der Waals surface area contributed by atoms with Crippen molar-refractivity contribution in [3.05, 3.63) is 52.1 Å². The van der Waals surface area contributed by atoms with E-state index in [4.69, 9.17) is 0 Å². The van der Waals surface area contributed by atoms with E-state index in [2.05, 4.69) is 31.1 Å². The van der Waals surface area contributed by atoms with Crippen molar-refractivity contribution in [3.63, 3.8) is 0 Å². The maximum Gasteiger partial charge on any atom is 0.293 e. The zero-order chi connectivity index (χ0) is 18.1. The number of benzene rings is 1. The van der Waals surface area contributed by atoms with Gasteiger partial charge in [-0.15, -0.1) is 0 Å². The topological polar surface area (TPSA) is 90.1 Å². The number of carbonyl (C=O) groups is 1. The van der Waals surface area contributed by atoms with Crippen LogP contribution in [0.5, 0.6) is 0 Å². The van der Waals surface area contributed by atoms with E-state index in [1.165, 1.54) is 12.3 Å². The molecule has 0 aliphatic carbocycles. The fourth-order valence-electron chi connectivity index (χ4n) is 2.11. The molecule has 2 aromatic rings. The zero-order valence-electron chi connectivity index (χ0n) is 14.5. The number of rotatable bonds is 5. The van der Waals surface area contributed by atoms with Crippen LogP contribution in [0, 0.1) is 15.5 Å². The molecule has 0 spiro atoms. The SMILES string of the molecule is CC(Nc1ccc(C(=O)c2nccn2C)cc1[N+](=O)[O-])C(C)(C)C. The summed E-state index contributed by atoms with van der Waals surface area (Å²) in [6.07, 6.45) is 3.17. The maximum absolute atomic E-state index is 12.5. The Bertz CT molecular complexity index is 774. The highest BCUT2D eigenvalue weighted by Gasteiger charge is 2.25. The number of nitrogens with zero attached hydrogens (tertiary/aromatic N) is 3. The third-order valence-electron chi connectivity index (χ3n) is 4.15. The van der Waals surface area contributed by atoms with Gasteiger partial charge in [0.25, 0.3) is 5.69 Å². The summed E-state index contributed by atoms with van der Waals surface area (Å²) in [5.74, 6) is -0.103. The standard InChI is InChI=1S/C17H22N4O3/c1-11(17(2,3)4)19-13-7-6-12(10-14(13)21(23)24)15(22)16-18-8-9-20(16)5/h6-11,19H,1-5H3. The number of nitro benzene ring substituents is 1. The van der Waals surface area contributed by atoms with E-state index in [1.54, 1.807) is 29.9 Å². The Morgan fingerprint density at radius 1 is 1.38 bits per heavy atom. The third-order valence-corrected chi connectivity index (χ3v) is 4.15. The van der Waals surface area contributed by atoms with E-state index >= 15 is 0 Å². The lowest BCUT2D eigenvalue weighted by Crippen LogP contribution is -2.31. The Kier molecular flexibility index (Phi) is 4.73. The molecule has 7 heteroatoms. The van der Waals surface area contributed by atoms with Gasteiger partial charge in [0.1, 0.15) is 5.69 Å². The average Bonchev–Trinajstić information content (AvgIpc) is 2.91. The van der Waals surface area contributed by atoms with Gasteiger partial charge >= 0.3 is 0 Å². The summed E-state index contributed by atoms with van der Waals surface area (Å²) in [6, 6.07) is 4.49. The van der Waals surface area contributed by atoms with Gasteiger partial charge in [0.2, 0.25) is 5.78 Å². The summed E-state index contributed by atoms with van der Waals surface area (Å²) >= 11 is 0. The molecule has 2 rings (SSSR count). The molecule has 1 aromatic carbocycles. The molecule has 0 radical (unpaired) electrons. The Hall–Kier alpha value is -2.70. The minimum atomic E-state index is -0.479. The molecular formula is C17H22N4O3. The molecule has 0 saturated heterocycles. The van der Waals surface area contributed by atoms with Gasteiger partial charge in [-0.25, -0.2) is 4.98 Å². The second-order valence-corrected chi connectivity index (χ2v) is 6.91. The molecule has 0 saturated carbocycles. The van der Waals surface area contributed by atoms with Crippen LogP contribution in [-0.2, 0) is 7.05 Å². The summed E-state index contributed by atoms with van der Waals surface area (Å²) in [6.45, 7) is 8.12. The molecule has 24 heavy (non-hydrogen) atoms. The molecule has 0 bridgehead atoms. The van der Waals surface area contributed by atoms with Crippen LogP contribution in [0.15, 0.2) is 30.6 Å². The van der Waals surface area contributed by atoms with Gasteiger partial charge in [0.05, 0.1) is 4.92 Å². The first-order chi connectivity index (χ1) is 11.1. The number of carbonyl (C=O) groups excluding carboxylic acids is 1. The van der Waals surface area contributed by atoms with Gasteiger partial charge < -0.3 is 9.88 Å². The fraction of sp³-hybridized carbons (Fsp3) is 0.412. The monoisotopic (exact) mass is 330 g/mol. The van der Waals surface area contributed by atoms with Crippen LogP contribution in [0.1, 0.15) is 43.9 Å². The van der Waals surface area contributed by atoms with Crippen LogP contribution in [0.4, 0.5) is 11.4 Å². The van der Waals surface area contributed by atoms with E-state index in [-0.39, 0.29) is 34.3 Å². The average molecular weight is 330 g/mol. The van der Waals surface area contributed by atoms with Crippen LogP contribution < -0.4 is 5.32 Å². The van der Waals surface area contributed by atoms with Crippen LogP contribution in [0.25, 0.3) is 0 Å². The number of hydrogen-bond acceptors (Lipinski definition) is 5. The van der Waals surface area contributed by atoms with Crippen molar-refractivity contribution in [1.82, 2.24) is 9.55 Å². The Labute approximate surface area is 140 Å². The summed E-state index contributed by atoms with van der Waals surface area (Å²) in [7, 11) is 1.70. The molecule has 0 amide bonds. The van der Waals surface area contributed by atoms with Crippen LogP contribution >= 0.6 is 0 Å². The number of aryl methyl sites for hydroxylation is 1. The quantitative estimate of drug-likeness (QED) is 0.515. The molecule has 7 nitrogen and oxygen atoms in total. The van der Waals surface area contributed by atoms with E-state index in [1.807, 2.05) is 6.92 Å². The molecule has 1 atom stereocenters. The van der Waals surface area contributed by atoms with Crippen molar-refractivity contribution < 1.29 is 9.72 Å². The first-order valence-electron chi connectivity index (χ1n) is 7.68. The second-order valence-electron chi connectivity index (χ2n) is 6.91. The van der Waals surface area contributed by atoms with Crippen molar-refractivity contribution in [1.29, 1.82) is 0 Å². The first kappa shape index (κ1) is 17.7. The van der Waals surface area contributed by atoms with Crippen molar-refractivity contribution in [2.45, 2.75) is 33.7 Å². The lowest BCUT2D eigenvalue weighted by atomic mass is 9.88. The number of ketones is 1. The van der Waals surface area contributed by atoms with Crippen LogP contribution in [-0.4, -0.2) is 26.3 Å². The Morgan fingerprint density at radius 3 is 2.54 bits per heavy atom. The summed E-state index contributed by atoms with van der Waals surface area (Å²) in [5.41, 5.74) is 0.463. The first-order valence-corrected chi connectivity index (χ1v) is 7.68.